The molecule has 0 aromatic carbocycles. The Morgan fingerprint density at radius 3 is 2.88 bits per heavy atom. The second kappa shape index (κ2) is 7.41. The predicted molar refractivity (Wildman–Crippen MR) is 62.2 cm³/mol. The molecule has 5 heteroatoms. The minimum atomic E-state index is -0.0920. The number of carbonyl (C=O) groups excluding carboxylic acids is 1. The van der Waals surface area contributed by atoms with E-state index in [0.29, 0.717) is 12.1 Å². The van der Waals surface area contributed by atoms with E-state index < -0.39 is 0 Å². The lowest BCUT2D eigenvalue weighted by molar-refractivity contribution is -0.695. The zero-order valence-electron chi connectivity index (χ0n) is 9.04. The van der Waals surface area contributed by atoms with Gasteiger partial charge >= 0.3 is 0 Å². The Kier molecular flexibility index (Phi) is 7.01. The molecule has 0 bridgehead atoms. The van der Waals surface area contributed by atoms with Crippen LogP contribution < -0.4 is 22.3 Å². The molecule has 0 fully saturated rings. The Morgan fingerprint density at radius 2 is 2.31 bits per heavy atom. The van der Waals surface area contributed by atoms with Gasteiger partial charge in [0.1, 0.15) is 0 Å². The number of aromatic nitrogens is 1. The van der Waals surface area contributed by atoms with Crippen LogP contribution in [0.5, 0.6) is 0 Å². The highest BCUT2D eigenvalue weighted by Crippen LogP contribution is 2.02. The topological polar surface area (TPSA) is 33.0 Å². The van der Waals surface area contributed by atoms with Gasteiger partial charge in [0.2, 0.25) is 5.91 Å². The van der Waals surface area contributed by atoms with E-state index in [1.54, 1.807) is 6.92 Å². The summed E-state index contributed by atoms with van der Waals surface area (Å²) in [5.41, 5.74) is 0.536. The molecule has 1 amide bonds. The molecule has 0 atom stereocenters. The van der Waals surface area contributed by atoms with Gasteiger partial charge in [-0.25, -0.2) is 4.57 Å². The van der Waals surface area contributed by atoms with Crippen LogP contribution in [0.2, 0.25) is 0 Å². The molecular weight excluding hydrogens is 291 g/mol. The molecule has 0 aliphatic heterocycles. The van der Waals surface area contributed by atoms with Gasteiger partial charge in [0.15, 0.2) is 18.9 Å². The molecule has 0 aliphatic carbocycles. The first-order valence-corrected chi connectivity index (χ1v) is 5.47. The highest BCUT2D eigenvalue weighted by molar-refractivity contribution is 9.10. The maximum absolute atomic E-state index is 11.2. The van der Waals surface area contributed by atoms with Crippen molar-refractivity contribution in [3.63, 3.8) is 0 Å². The maximum Gasteiger partial charge on any atom is 0.246 e. The summed E-state index contributed by atoms with van der Waals surface area (Å²) in [7, 11) is 0. The van der Waals surface area contributed by atoms with Crippen LogP contribution >= 0.6 is 15.9 Å². The van der Waals surface area contributed by atoms with E-state index in [0.717, 1.165) is 11.0 Å². The van der Waals surface area contributed by atoms with E-state index in [1.165, 1.54) is 0 Å². The third-order valence-electron chi connectivity index (χ3n) is 1.87. The van der Waals surface area contributed by atoms with Crippen LogP contribution in [0, 0.1) is 0 Å². The van der Waals surface area contributed by atoms with Gasteiger partial charge in [-0.2, -0.15) is 0 Å². The smallest absolute Gasteiger partial charge is 0.246 e. The van der Waals surface area contributed by atoms with Crippen LogP contribution in [0.25, 0.3) is 0 Å². The molecule has 0 aliphatic rings. The summed E-state index contributed by atoms with van der Waals surface area (Å²) in [5, 5.41) is 2.78. The predicted octanol–water partition coefficient (Wildman–Crippen LogP) is -1.57. The lowest BCUT2D eigenvalue weighted by Gasteiger charge is -2.01. The summed E-state index contributed by atoms with van der Waals surface area (Å²) >= 11 is 3.38. The number of nitrogens with one attached hydrogen (secondary N) is 1. The highest BCUT2D eigenvalue weighted by Gasteiger charge is 2.03. The van der Waals surface area contributed by atoms with Gasteiger partial charge in [-0.3, -0.25) is 4.79 Å². The van der Waals surface area contributed by atoms with Gasteiger partial charge in [-0.15, -0.1) is 0 Å². The average Bonchev–Trinajstić information content (AvgIpc) is 2.17. The molecule has 1 aromatic rings. The normalized spacial score (nSPS) is 9.12. The zero-order chi connectivity index (χ0) is 11.3. The minimum absolute atomic E-state index is 0. The van der Waals surface area contributed by atoms with Crippen LogP contribution in [0.4, 0.5) is 0 Å². The summed E-state index contributed by atoms with van der Waals surface area (Å²) in [6.07, 6.45) is 3.92. The number of hydrogen-bond acceptors (Lipinski definition) is 1. The van der Waals surface area contributed by atoms with Crippen molar-refractivity contribution in [2.75, 3.05) is 6.54 Å². The van der Waals surface area contributed by atoms with E-state index in [1.807, 2.05) is 29.1 Å². The fraction of sp³-hybridized carbons (Fsp3) is 0.273. The standard InChI is InChI=1S/C11H13BrN2O.ClH/c1-9(2)11(15)13-5-7-14-6-3-4-10(12)8-14;/h3-4,6,8H,1,5,7H2,2H3;1H. The van der Waals surface area contributed by atoms with E-state index >= 15 is 0 Å². The van der Waals surface area contributed by atoms with Gasteiger partial charge < -0.3 is 17.7 Å². The number of carbonyl (C=O) groups is 1. The summed E-state index contributed by atoms with van der Waals surface area (Å²) in [4.78, 5) is 11.2. The second-order valence-electron chi connectivity index (χ2n) is 3.30. The Morgan fingerprint density at radius 1 is 1.62 bits per heavy atom. The summed E-state index contributed by atoms with van der Waals surface area (Å²) in [6, 6.07) is 3.91. The van der Waals surface area contributed by atoms with E-state index in [-0.39, 0.29) is 18.3 Å². The van der Waals surface area contributed by atoms with Gasteiger partial charge in [0.05, 0.1) is 11.0 Å². The Labute approximate surface area is 110 Å². The first-order chi connectivity index (χ1) is 7.09. The van der Waals surface area contributed by atoms with Gasteiger partial charge in [-0.1, -0.05) is 6.58 Å². The van der Waals surface area contributed by atoms with Gasteiger partial charge in [0, 0.05) is 11.6 Å². The lowest BCUT2D eigenvalue weighted by Crippen LogP contribution is -3.00. The molecule has 88 valence electrons. The summed E-state index contributed by atoms with van der Waals surface area (Å²) in [5.74, 6) is -0.0920. The summed E-state index contributed by atoms with van der Waals surface area (Å²) < 4.78 is 3.03. The molecular formula is C11H14BrClN2O. The molecule has 1 aromatic heterocycles. The van der Waals surface area contributed by atoms with Crippen molar-refractivity contribution in [1.82, 2.24) is 5.32 Å². The Bertz CT molecular complexity index is 382. The number of halogens is 2. The molecule has 16 heavy (non-hydrogen) atoms. The van der Waals surface area contributed by atoms with Crippen LogP contribution in [0.1, 0.15) is 6.92 Å². The van der Waals surface area contributed by atoms with Crippen LogP contribution in [-0.4, -0.2) is 12.5 Å². The Hall–Kier alpha value is -0.870. The zero-order valence-corrected chi connectivity index (χ0v) is 11.4. The molecule has 0 spiro atoms. The van der Waals surface area contributed by atoms with E-state index in [9.17, 15) is 4.79 Å². The molecule has 0 unspecified atom stereocenters. The highest BCUT2D eigenvalue weighted by atomic mass is 79.9. The molecule has 1 heterocycles. The second-order valence-corrected chi connectivity index (χ2v) is 4.21. The lowest BCUT2D eigenvalue weighted by atomic mass is 10.3. The number of amides is 1. The third-order valence-corrected chi connectivity index (χ3v) is 2.33. The number of pyridine rings is 1. The molecule has 1 N–H and O–H groups in total. The Balaban J connectivity index is 0.00000225. The van der Waals surface area contributed by atoms with Crippen molar-refractivity contribution < 1.29 is 21.8 Å². The molecule has 0 saturated carbocycles. The first-order valence-electron chi connectivity index (χ1n) is 4.68. The average molecular weight is 306 g/mol. The largest absolute Gasteiger partial charge is 1.00 e. The van der Waals surface area contributed by atoms with E-state index in [2.05, 4.69) is 27.8 Å². The number of rotatable bonds is 4. The van der Waals surface area contributed by atoms with Gasteiger partial charge in [0.25, 0.3) is 0 Å². The van der Waals surface area contributed by atoms with Gasteiger partial charge in [-0.05, 0) is 28.9 Å². The third kappa shape index (κ3) is 5.28. The SMILES string of the molecule is C=C(C)C(=O)NCC[n+]1cccc(Br)c1.[Cl-]. The maximum atomic E-state index is 11.2. The molecule has 0 radical (unpaired) electrons. The van der Waals surface area contributed by atoms with Crippen LogP contribution in [0.3, 0.4) is 0 Å². The number of hydrogen-bond donors (Lipinski definition) is 1. The van der Waals surface area contributed by atoms with Crippen molar-refractivity contribution in [2.24, 2.45) is 0 Å². The fourth-order valence-electron chi connectivity index (χ4n) is 1.08. The van der Waals surface area contributed by atoms with Crippen LogP contribution in [-0.2, 0) is 11.3 Å². The fourth-order valence-corrected chi connectivity index (χ4v) is 1.49. The van der Waals surface area contributed by atoms with Crippen molar-refractivity contribution in [3.05, 3.63) is 41.2 Å². The van der Waals surface area contributed by atoms with Crippen molar-refractivity contribution in [3.8, 4) is 0 Å². The first kappa shape index (κ1) is 15.1. The molecule has 3 nitrogen and oxygen atoms in total. The minimum Gasteiger partial charge on any atom is -1.00 e. The number of nitrogens with zero attached hydrogens (tertiary/aromatic N) is 1. The van der Waals surface area contributed by atoms with Crippen molar-refractivity contribution in [1.29, 1.82) is 0 Å². The monoisotopic (exact) mass is 304 g/mol. The van der Waals surface area contributed by atoms with Crippen LogP contribution in [0.15, 0.2) is 41.2 Å². The molecule has 1 rings (SSSR count). The quantitative estimate of drug-likeness (QED) is 0.529. The molecule has 0 saturated heterocycles. The summed E-state index contributed by atoms with van der Waals surface area (Å²) in [6.45, 7) is 6.62. The van der Waals surface area contributed by atoms with E-state index in [4.69, 9.17) is 0 Å². The van der Waals surface area contributed by atoms with Crippen molar-refractivity contribution in [2.45, 2.75) is 13.5 Å². The van der Waals surface area contributed by atoms with Crippen molar-refractivity contribution >= 4 is 21.8 Å².